The Labute approximate surface area is 135 Å². The van der Waals surface area contributed by atoms with Crippen LogP contribution in [0.25, 0.3) is 0 Å². The van der Waals surface area contributed by atoms with Gasteiger partial charge in [0.25, 0.3) is 0 Å². The van der Waals surface area contributed by atoms with E-state index in [4.69, 9.17) is 27.9 Å². The highest BCUT2D eigenvalue weighted by atomic mass is 35.5. The molecule has 3 heteroatoms. The Bertz CT molecular complexity index is 666. The summed E-state index contributed by atoms with van der Waals surface area (Å²) in [6.07, 6.45) is 2.20. The molecule has 21 heavy (non-hydrogen) atoms. The highest BCUT2D eigenvalue weighted by molar-refractivity contribution is 6.42. The lowest BCUT2D eigenvalue weighted by atomic mass is 9.74. The molecule has 2 atom stereocenters. The topological polar surface area (TPSA) is 9.23 Å². The van der Waals surface area contributed by atoms with Crippen LogP contribution < -0.4 is 4.74 Å². The van der Waals surface area contributed by atoms with Gasteiger partial charge in [-0.25, -0.2) is 0 Å². The summed E-state index contributed by atoms with van der Waals surface area (Å²) in [4.78, 5) is 0. The second kappa shape index (κ2) is 5.90. The van der Waals surface area contributed by atoms with Crippen molar-refractivity contribution >= 4 is 23.2 Å². The minimum absolute atomic E-state index is 0.315. The number of rotatable bonds is 2. The van der Waals surface area contributed by atoms with Crippen LogP contribution in [0.5, 0.6) is 5.75 Å². The van der Waals surface area contributed by atoms with Crippen LogP contribution in [-0.2, 0) is 6.42 Å². The van der Waals surface area contributed by atoms with Crippen LogP contribution in [0.1, 0.15) is 36.0 Å². The van der Waals surface area contributed by atoms with Crippen molar-refractivity contribution in [2.45, 2.75) is 25.7 Å². The molecule has 0 radical (unpaired) electrons. The first kappa shape index (κ1) is 14.7. The molecule has 0 fully saturated rings. The van der Waals surface area contributed by atoms with E-state index < -0.39 is 0 Å². The zero-order chi connectivity index (χ0) is 15.0. The fourth-order valence-electron chi connectivity index (χ4n) is 3.35. The maximum Gasteiger partial charge on any atom is 0.122 e. The molecule has 1 aliphatic rings. The molecule has 0 amide bonds. The molecule has 0 heterocycles. The molecule has 2 aromatic rings. The number of halogens is 2. The lowest BCUT2D eigenvalue weighted by Gasteiger charge is -2.31. The molecule has 1 aliphatic carbocycles. The summed E-state index contributed by atoms with van der Waals surface area (Å²) in [5.74, 6) is 1.93. The number of hydrogen-bond donors (Lipinski definition) is 0. The minimum Gasteiger partial charge on any atom is -0.496 e. The van der Waals surface area contributed by atoms with Crippen LogP contribution >= 0.6 is 23.2 Å². The highest BCUT2D eigenvalue weighted by Crippen LogP contribution is 2.44. The van der Waals surface area contributed by atoms with E-state index in [1.54, 1.807) is 7.11 Å². The number of methoxy groups -OCH3 is 1. The Balaban J connectivity index is 2.13. The standard InChI is InChI=1S/C18H18Cl2O/c1-11-8-13-4-3-5-17(21-2)18(13)14(9-11)12-6-7-15(19)16(20)10-12/h3-7,10-11,14H,8-9H2,1-2H3/t11-,14+/m0/s1. The average Bonchev–Trinajstić information content (AvgIpc) is 2.48. The predicted molar refractivity (Wildman–Crippen MR) is 88.8 cm³/mol. The maximum absolute atomic E-state index is 6.21. The van der Waals surface area contributed by atoms with Gasteiger partial charge in [-0.2, -0.15) is 0 Å². The molecule has 0 saturated carbocycles. The largest absolute Gasteiger partial charge is 0.496 e. The Morgan fingerprint density at radius 2 is 1.90 bits per heavy atom. The first-order chi connectivity index (χ1) is 10.1. The molecule has 3 rings (SSSR count). The van der Waals surface area contributed by atoms with Crippen LogP contribution in [-0.4, -0.2) is 7.11 Å². The van der Waals surface area contributed by atoms with Crippen LogP contribution in [0.3, 0.4) is 0 Å². The van der Waals surface area contributed by atoms with Gasteiger partial charge in [0.2, 0.25) is 0 Å². The minimum atomic E-state index is 0.315. The fourth-order valence-corrected chi connectivity index (χ4v) is 3.66. The summed E-state index contributed by atoms with van der Waals surface area (Å²) < 4.78 is 5.59. The average molecular weight is 321 g/mol. The second-order valence-corrected chi connectivity index (χ2v) is 6.62. The molecule has 2 aromatic carbocycles. The van der Waals surface area contributed by atoms with E-state index in [1.807, 2.05) is 18.2 Å². The summed E-state index contributed by atoms with van der Waals surface area (Å²) in [5, 5.41) is 1.22. The molecule has 0 aromatic heterocycles. The molecular formula is C18H18Cl2O. The Hall–Kier alpha value is -1.18. The van der Waals surface area contributed by atoms with Gasteiger partial charge in [-0.05, 0) is 48.1 Å². The SMILES string of the molecule is COc1cccc2c1[C@@H](c1ccc(Cl)c(Cl)c1)C[C@@H](C)C2. The third-order valence-electron chi connectivity index (χ3n) is 4.28. The van der Waals surface area contributed by atoms with E-state index >= 15 is 0 Å². The van der Waals surface area contributed by atoms with Crippen LogP contribution in [0, 0.1) is 5.92 Å². The third-order valence-corrected chi connectivity index (χ3v) is 5.02. The molecule has 0 unspecified atom stereocenters. The van der Waals surface area contributed by atoms with Crippen LogP contribution in [0.2, 0.25) is 10.0 Å². The normalized spacial score (nSPS) is 21.0. The van der Waals surface area contributed by atoms with Gasteiger partial charge in [0.15, 0.2) is 0 Å². The first-order valence-corrected chi connectivity index (χ1v) is 7.96. The van der Waals surface area contributed by atoms with Crippen molar-refractivity contribution in [3.8, 4) is 5.75 Å². The van der Waals surface area contributed by atoms with Crippen molar-refractivity contribution in [2.75, 3.05) is 7.11 Å². The van der Waals surface area contributed by atoms with Crippen LogP contribution in [0.4, 0.5) is 0 Å². The molecular weight excluding hydrogens is 303 g/mol. The Kier molecular flexibility index (Phi) is 4.14. The lowest BCUT2D eigenvalue weighted by Crippen LogP contribution is -2.18. The molecule has 0 N–H and O–H groups in total. The van der Waals surface area contributed by atoms with Crippen molar-refractivity contribution in [3.63, 3.8) is 0 Å². The molecule has 1 nitrogen and oxygen atoms in total. The van der Waals surface area contributed by atoms with E-state index in [1.165, 1.54) is 16.7 Å². The van der Waals surface area contributed by atoms with Gasteiger partial charge >= 0.3 is 0 Å². The molecule has 110 valence electrons. The number of fused-ring (bicyclic) bond motifs is 1. The number of ether oxygens (including phenoxy) is 1. The summed E-state index contributed by atoms with van der Waals surface area (Å²) in [5.41, 5.74) is 3.89. The van der Waals surface area contributed by atoms with Crippen molar-refractivity contribution in [2.24, 2.45) is 5.92 Å². The quantitative estimate of drug-likeness (QED) is 0.688. The van der Waals surface area contributed by atoms with E-state index in [-0.39, 0.29) is 0 Å². The van der Waals surface area contributed by atoms with Gasteiger partial charge in [0.05, 0.1) is 17.2 Å². The fraction of sp³-hybridized carbons (Fsp3) is 0.333. The predicted octanol–water partition coefficient (Wildman–Crippen LogP) is 5.72. The molecule has 0 spiro atoms. The van der Waals surface area contributed by atoms with Crippen LogP contribution in [0.15, 0.2) is 36.4 Å². The van der Waals surface area contributed by atoms with Gasteiger partial charge in [-0.1, -0.05) is 48.3 Å². The zero-order valence-electron chi connectivity index (χ0n) is 12.2. The summed E-state index contributed by atoms with van der Waals surface area (Å²) >= 11 is 12.3. The van der Waals surface area contributed by atoms with Crippen molar-refractivity contribution < 1.29 is 4.74 Å². The van der Waals surface area contributed by atoms with E-state index in [9.17, 15) is 0 Å². The van der Waals surface area contributed by atoms with Gasteiger partial charge in [0, 0.05) is 11.5 Å². The molecule has 0 bridgehead atoms. The van der Waals surface area contributed by atoms with Crippen molar-refractivity contribution in [1.82, 2.24) is 0 Å². The zero-order valence-corrected chi connectivity index (χ0v) is 13.7. The molecule has 0 aliphatic heterocycles. The summed E-state index contributed by atoms with van der Waals surface area (Å²) in [6.45, 7) is 2.30. The Morgan fingerprint density at radius 1 is 1.10 bits per heavy atom. The number of hydrogen-bond acceptors (Lipinski definition) is 1. The highest BCUT2D eigenvalue weighted by Gasteiger charge is 2.29. The third kappa shape index (κ3) is 2.77. The van der Waals surface area contributed by atoms with Gasteiger partial charge in [-0.15, -0.1) is 0 Å². The van der Waals surface area contributed by atoms with Crippen molar-refractivity contribution in [3.05, 3.63) is 63.1 Å². The monoisotopic (exact) mass is 320 g/mol. The second-order valence-electron chi connectivity index (χ2n) is 5.80. The maximum atomic E-state index is 6.21. The number of benzene rings is 2. The molecule has 0 saturated heterocycles. The summed E-state index contributed by atoms with van der Waals surface area (Å²) in [6, 6.07) is 12.3. The van der Waals surface area contributed by atoms with E-state index in [0.717, 1.165) is 18.6 Å². The summed E-state index contributed by atoms with van der Waals surface area (Å²) in [7, 11) is 1.74. The lowest BCUT2D eigenvalue weighted by molar-refractivity contribution is 0.390. The van der Waals surface area contributed by atoms with Crippen molar-refractivity contribution in [1.29, 1.82) is 0 Å². The van der Waals surface area contributed by atoms with E-state index in [0.29, 0.717) is 21.9 Å². The van der Waals surface area contributed by atoms with E-state index in [2.05, 4.69) is 25.1 Å². The van der Waals surface area contributed by atoms with Gasteiger partial charge in [-0.3, -0.25) is 0 Å². The Morgan fingerprint density at radius 3 is 2.62 bits per heavy atom. The first-order valence-electron chi connectivity index (χ1n) is 7.21. The van der Waals surface area contributed by atoms with Gasteiger partial charge in [0.1, 0.15) is 5.75 Å². The van der Waals surface area contributed by atoms with Gasteiger partial charge < -0.3 is 4.74 Å². The smallest absolute Gasteiger partial charge is 0.122 e.